The van der Waals surface area contributed by atoms with Gasteiger partial charge in [-0.2, -0.15) is 0 Å². The van der Waals surface area contributed by atoms with Gasteiger partial charge in [-0.15, -0.1) is 0 Å². The van der Waals surface area contributed by atoms with Crippen LogP contribution < -0.4 is 11.1 Å². The molecule has 3 rings (SSSR count). The van der Waals surface area contributed by atoms with Gasteiger partial charge in [-0.25, -0.2) is 9.97 Å². The Morgan fingerprint density at radius 2 is 2.00 bits per heavy atom. The second-order valence-corrected chi connectivity index (χ2v) is 5.60. The summed E-state index contributed by atoms with van der Waals surface area (Å²) >= 11 is 1.60. The molecule has 0 fully saturated rings. The second-order valence-electron chi connectivity index (χ2n) is 4.57. The van der Waals surface area contributed by atoms with Crippen molar-refractivity contribution >= 4 is 38.2 Å². The Balaban J connectivity index is 1.96. The average Bonchev–Trinajstić information content (AvgIpc) is 2.74. The molecule has 0 aliphatic heterocycles. The highest BCUT2D eigenvalue weighted by molar-refractivity contribution is 7.22. The van der Waals surface area contributed by atoms with Crippen LogP contribution in [0.5, 0.6) is 0 Å². The van der Waals surface area contributed by atoms with Crippen molar-refractivity contribution in [2.75, 3.05) is 11.1 Å². The van der Waals surface area contributed by atoms with Crippen LogP contribution in [0, 0.1) is 13.8 Å². The van der Waals surface area contributed by atoms with Crippen molar-refractivity contribution in [3.05, 3.63) is 41.6 Å². The van der Waals surface area contributed by atoms with Gasteiger partial charge in [0.05, 0.1) is 15.9 Å². The van der Waals surface area contributed by atoms with Gasteiger partial charge in [0.25, 0.3) is 0 Å². The summed E-state index contributed by atoms with van der Waals surface area (Å²) in [6.45, 7) is 4.04. The Morgan fingerprint density at radius 3 is 2.79 bits per heavy atom. The molecule has 3 N–H and O–H groups in total. The fourth-order valence-electron chi connectivity index (χ4n) is 1.88. The van der Waals surface area contributed by atoms with Crippen LogP contribution in [-0.2, 0) is 0 Å². The number of aromatic nitrogens is 2. The van der Waals surface area contributed by atoms with E-state index in [1.54, 1.807) is 17.5 Å². The summed E-state index contributed by atoms with van der Waals surface area (Å²) < 4.78 is 1.16. The summed E-state index contributed by atoms with van der Waals surface area (Å²) in [4.78, 5) is 8.82. The molecule has 0 atom stereocenters. The standard InChI is InChI=1S/C14H14N4S/c1-8-3-4-11-12(6-8)19-14(17-11)18-13-10(15)5-9(2)7-16-13/h3-7H,15H2,1-2H3,(H,16,17,18). The molecule has 0 aliphatic carbocycles. The number of nitrogens with two attached hydrogens (primary N) is 1. The maximum atomic E-state index is 5.94. The van der Waals surface area contributed by atoms with Crippen molar-refractivity contribution in [1.82, 2.24) is 9.97 Å². The molecule has 4 nitrogen and oxygen atoms in total. The van der Waals surface area contributed by atoms with E-state index in [0.717, 1.165) is 20.9 Å². The van der Waals surface area contributed by atoms with Crippen LogP contribution in [0.15, 0.2) is 30.5 Å². The third-order valence-corrected chi connectivity index (χ3v) is 3.76. The molecular weight excluding hydrogens is 256 g/mol. The lowest BCUT2D eigenvalue weighted by molar-refractivity contribution is 1.26. The van der Waals surface area contributed by atoms with E-state index in [0.29, 0.717) is 11.5 Å². The predicted octanol–water partition coefficient (Wildman–Crippen LogP) is 3.63. The smallest absolute Gasteiger partial charge is 0.189 e. The summed E-state index contributed by atoms with van der Waals surface area (Å²) in [5, 5.41) is 3.99. The Labute approximate surface area is 115 Å². The van der Waals surface area contributed by atoms with Crippen molar-refractivity contribution in [3.8, 4) is 0 Å². The normalized spacial score (nSPS) is 10.8. The molecule has 2 aromatic heterocycles. The summed E-state index contributed by atoms with van der Waals surface area (Å²) in [7, 11) is 0. The van der Waals surface area contributed by atoms with Crippen molar-refractivity contribution in [2.45, 2.75) is 13.8 Å². The van der Waals surface area contributed by atoms with E-state index in [1.165, 1.54) is 5.56 Å². The molecule has 19 heavy (non-hydrogen) atoms. The monoisotopic (exact) mass is 270 g/mol. The zero-order chi connectivity index (χ0) is 13.4. The molecule has 0 amide bonds. The number of nitrogens with zero attached hydrogens (tertiary/aromatic N) is 2. The van der Waals surface area contributed by atoms with E-state index in [9.17, 15) is 0 Å². The van der Waals surface area contributed by atoms with Gasteiger partial charge in [0.1, 0.15) is 0 Å². The minimum atomic E-state index is 0.635. The Morgan fingerprint density at radius 1 is 1.16 bits per heavy atom. The number of thiazole rings is 1. The van der Waals surface area contributed by atoms with Gasteiger partial charge in [-0.05, 0) is 43.2 Å². The van der Waals surface area contributed by atoms with E-state index < -0.39 is 0 Å². The first-order valence-corrected chi connectivity index (χ1v) is 6.80. The fraction of sp³-hybridized carbons (Fsp3) is 0.143. The predicted molar refractivity (Wildman–Crippen MR) is 81.0 cm³/mol. The zero-order valence-electron chi connectivity index (χ0n) is 10.8. The molecule has 3 aromatic rings. The quantitative estimate of drug-likeness (QED) is 0.746. The molecule has 5 heteroatoms. The number of nitrogens with one attached hydrogen (secondary N) is 1. The molecule has 96 valence electrons. The zero-order valence-corrected chi connectivity index (χ0v) is 11.6. The third-order valence-electron chi connectivity index (χ3n) is 2.82. The van der Waals surface area contributed by atoms with Crippen molar-refractivity contribution in [3.63, 3.8) is 0 Å². The van der Waals surface area contributed by atoms with E-state index in [-0.39, 0.29) is 0 Å². The van der Waals surface area contributed by atoms with Crippen LogP contribution in [0.2, 0.25) is 0 Å². The highest BCUT2D eigenvalue weighted by Gasteiger charge is 2.07. The number of hydrogen-bond acceptors (Lipinski definition) is 5. The lowest BCUT2D eigenvalue weighted by Gasteiger charge is -2.05. The number of nitrogen functional groups attached to an aromatic ring is 1. The Hall–Kier alpha value is -2.14. The molecule has 0 spiro atoms. The van der Waals surface area contributed by atoms with Gasteiger partial charge >= 0.3 is 0 Å². The first-order valence-electron chi connectivity index (χ1n) is 5.98. The lowest BCUT2D eigenvalue weighted by Crippen LogP contribution is -1.99. The maximum absolute atomic E-state index is 5.94. The minimum Gasteiger partial charge on any atom is -0.396 e. The van der Waals surface area contributed by atoms with Gasteiger partial charge < -0.3 is 11.1 Å². The summed E-state index contributed by atoms with van der Waals surface area (Å²) in [5.74, 6) is 0.654. The topological polar surface area (TPSA) is 63.8 Å². The largest absolute Gasteiger partial charge is 0.396 e. The minimum absolute atomic E-state index is 0.635. The first-order chi connectivity index (χ1) is 9.11. The summed E-state index contributed by atoms with van der Waals surface area (Å²) in [5.41, 5.74) is 9.84. The summed E-state index contributed by atoms with van der Waals surface area (Å²) in [6, 6.07) is 8.11. The van der Waals surface area contributed by atoms with Gasteiger partial charge in [-0.3, -0.25) is 0 Å². The molecule has 1 aromatic carbocycles. The molecule has 0 saturated carbocycles. The van der Waals surface area contributed by atoms with Gasteiger partial charge in [-0.1, -0.05) is 17.4 Å². The van der Waals surface area contributed by atoms with Crippen LogP contribution in [0.25, 0.3) is 10.2 Å². The molecule has 0 unspecified atom stereocenters. The third kappa shape index (κ3) is 2.37. The number of aryl methyl sites for hydroxylation is 2. The number of rotatable bonds is 2. The van der Waals surface area contributed by atoms with E-state index >= 15 is 0 Å². The van der Waals surface area contributed by atoms with E-state index in [2.05, 4.69) is 34.3 Å². The van der Waals surface area contributed by atoms with Crippen LogP contribution in [-0.4, -0.2) is 9.97 Å². The molecule has 0 bridgehead atoms. The number of benzene rings is 1. The van der Waals surface area contributed by atoms with Crippen LogP contribution in [0.1, 0.15) is 11.1 Å². The van der Waals surface area contributed by atoms with Crippen LogP contribution in [0.4, 0.5) is 16.6 Å². The second kappa shape index (κ2) is 4.51. The number of anilines is 3. The SMILES string of the molecule is Cc1cnc(Nc2nc3ccc(C)cc3s2)c(N)c1. The van der Waals surface area contributed by atoms with Crippen LogP contribution in [0.3, 0.4) is 0 Å². The summed E-state index contributed by atoms with van der Waals surface area (Å²) in [6.07, 6.45) is 1.79. The molecule has 0 radical (unpaired) electrons. The lowest BCUT2D eigenvalue weighted by atomic mass is 10.2. The van der Waals surface area contributed by atoms with Gasteiger partial charge in [0, 0.05) is 6.20 Å². The molecular formula is C14H14N4S. The molecule has 2 heterocycles. The van der Waals surface area contributed by atoms with E-state index in [4.69, 9.17) is 5.73 Å². The molecule has 0 saturated heterocycles. The number of fused-ring (bicyclic) bond motifs is 1. The Bertz CT molecular complexity index is 748. The van der Waals surface area contributed by atoms with E-state index in [1.807, 2.05) is 19.1 Å². The highest BCUT2D eigenvalue weighted by atomic mass is 32.1. The van der Waals surface area contributed by atoms with Gasteiger partial charge in [0.2, 0.25) is 0 Å². The maximum Gasteiger partial charge on any atom is 0.189 e. The fourth-order valence-corrected chi connectivity index (χ4v) is 2.85. The van der Waals surface area contributed by atoms with Crippen molar-refractivity contribution in [1.29, 1.82) is 0 Å². The molecule has 0 aliphatic rings. The van der Waals surface area contributed by atoms with Crippen molar-refractivity contribution in [2.24, 2.45) is 0 Å². The highest BCUT2D eigenvalue weighted by Crippen LogP contribution is 2.30. The van der Waals surface area contributed by atoms with Crippen molar-refractivity contribution < 1.29 is 0 Å². The number of hydrogen-bond donors (Lipinski definition) is 2. The van der Waals surface area contributed by atoms with Gasteiger partial charge in [0.15, 0.2) is 10.9 Å². The number of pyridine rings is 1. The van der Waals surface area contributed by atoms with Crippen LogP contribution >= 0.6 is 11.3 Å². The average molecular weight is 270 g/mol. The Kier molecular flexibility index (Phi) is 2.83. The first kappa shape index (κ1) is 11.9.